The van der Waals surface area contributed by atoms with Crippen molar-refractivity contribution < 1.29 is 61.6 Å². The number of para-hydroxylation sites is 1. The van der Waals surface area contributed by atoms with E-state index in [4.69, 9.17) is 14.2 Å². The van der Waals surface area contributed by atoms with E-state index in [1.165, 1.54) is 20.8 Å². The minimum Gasteiger partial charge on any atom is -0.459 e. The fourth-order valence-corrected chi connectivity index (χ4v) is 12.2. The number of hydrogen-bond acceptors (Lipinski definition) is 10. The smallest absolute Gasteiger partial charge is 0.459 e. The van der Waals surface area contributed by atoms with Gasteiger partial charge in [0.1, 0.15) is 30.5 Å². The molecule has 1 aromatic heterocycles. The number of aliphatic hydroxyl groups is 2. The highest BCUT2D eigenvalue weighted by atomic mass is 19.4. The van der Waals surface area contributed by atoms with E-state index in [-0.39, 0.29) is 44.6 Å². The van der Waals surface area contributed by atoms with Crippen LogP contribution in [0.2, 0.25) is 0 Å². The van der Waals surface area contributed by atoms with Crippen molar-refractivity contribution >= 4 is 40.6 Å². The van der Waals surface area contributed by atoms with Crippen molar-refractivity contribution in [1.82, 2.24) is 15.2 Å². The van der Waals surface area contributed by atoms with Crippen molar-refractivity contribution in [2.45, 2.75) is 161 Å². The van der Waals surface area contributed by atoms with Crippen molar-refractivity contribution in [3.05, 3.63) is 47.2 Å². The monoisotopic (exact) mass is 887 g/mol. The van der Waals surface area contributed by atoms with Gasteiger partial charge in [-0.2, -0.15) is 13.2 Å². The van der Waals surface area contributed by atoms with Crippen LogP contribution in [0.1, 0.15) is 119 Å². The van der Waals surface area contributed by atoms with Gasteiger partial charge in [-0.3, -0.25) is 24.0 Å². The van der Waals surface area contributed by atoms with Crippen molar-refractivity contribution in [1.29, 1.82) is 0 Å². The number of halogens is 3. The van der Waals surface area contributed by atoms with Gasteiger partial charge in [0.15, 0.2) is 0 Å². The summed E-state index contributed by atoms with van der Waals surface area (Å²) >= 11 is 0. The third-order valence-corrected chi connectivity index (χ3v) is 14.9. The van der Waals surface area contributed by atoms with Crippen molar-refractivity contribution in [2.24, 2.45) is 28.6 Å². The van der Waals surface area contributed by atoms with Crippen LogP contribution < -0.4 is 5.32 Å². The summed E-state index contributed by atoms with van der Waals surface area (Å²) < 4.78 is 61.7. The van der Waals surface area contributed by atoms with Gasteiger partial charge < -0.3 is 39.6 Å². The zero-order chi connectivity index (χ0) is 46.4. The minimum absolute atomic E-state index is 0.00769. The maximum atomic E-state index is 14.8. The number of fused-ring (bicyclic) bond motifs is 5. The lowest BCUT2D eigenvalue weighted by atomic mass is 9.47. The molecular formula is C47H64F3N3O10. The molecule has 16 heteroatoms. The molecule has 2 amide bonds. The quantitative estimate of drug-likeness (QED) is 0.0913. The molecule has 63 heavy (non-hydrogen) atoms. The van der Waals surface area contributed by atoms with Gasteiger partial charge in [-0.05, 0) is 119 Å². The van der Waals surface area contributed by atoms with Gasteiger partial charge in [0.2, 0.25) is 5.91 Å². The Balaban J connectivity index is 1.40. The SMILES string of the molecule is CC(=O)O[C@H]1C[C@]2(C)[C@H]3CC[C@@]4(C)C(=C3C[C@@H](N(CC(=O)NCCc3c[nH]c5ccccc35)C(=O)C(F)(F)F)[C@@H]2C[C@H]1OC(C)=O)CC[C@@H]4[C@@](C)(O)[C@@H](CCC(C)(C)O)OC(C)=O. The van der Waals surface area contributed by atoms with E-state index in [0.29, 0.717) is 37.0 Å². The average Bonchev–Trinajstić information content (AvgIpc) is 3.75. The van der Waals surface area contributed by atoms with Gasteiger partial charge in [0, 0.05) is 56.4 Å². The number of nitrogens with zero attached hydrogens (tertiary/aromatic N) is 1. The highest BCUT2D eigenvalue weighted by molar-refractivity contribution is 5.88. The molecule has 2 aromatic rings. The van der Waals surface area contributed by atoms with Crippen LogP contribution in [-0.2, 0) is 44.6 Å². The molecule has 4 aliphatic rings. The third-order valence-electron chi connectivity index (χ3n) is 14.9. The lowest BCUT2D eigenvalue weighted by Gasteiger charge is -2.61. The largest absolute Gasteiger partial charge is 0.471 e. The van der Waals surface area contributed by atoms with Crippen molar-refractivity contribution in [3.63, 3.8) is 0 Å². The van der Waals surface area contributed by atoms with E-state index in [1.807, 2.05) is 44.3 Å². The normalized spacial score (nSPS) is 29.7. The summed E-state index contributed by atoms with van der Waals surface area (Å²) in [4.78, 5) is 68.6. The fourth-order valence-electron chi connectivity index (χ4n) is 12.2. The molecule has 0 radical (unpaired) electrons. The van der Waals surface area contributed by atoms with Crippen molar-refractivity contribution in [2.75, 3.05) is 13.1 Å². The molecule has 0 aliphatic heterocycles. The van der Waals surface area contributed by atoms with Crippen LogP contribution in [-0.4, -0.2) is 105 Å². The first-order valence-corrected chi connectivity index (χ1v) is 22.1. The molecule has 1 heterocycles. The molecular weight excluding hydrogens is 824 g/mol. The number of benzene rings is 1. The highest BCUT2D eigenvalue weighted by Gasteiger charge is 2.64. The summed E-state index contributed by atoms with van der Waals surface area (Å²) in [5.41, 5.74) is -0.697. The first kappa shape index (κ1) is 48.0. The minimum atomic E-state index is -5.34. The Morgan fingerprint density at radius 3 is 2.27 bits per heavy atom. The Bertz CT molecular complexity index is 2110. The maximum absolute atomic E-state index is 14.8. The van der Waals surface area contributed by atoms with Crippen LogP contribution in [0.25, 0.3) is 10.9 Å². The molecule has 13 nitrogen and oxygen atoms in total. The van der Waals surface area contributed by atoms with Gasteiger partial charge in [-0.15, -0.1) is 0 Å². The number of esters is 3. The van der Waals surface area contributed by atoms with E-state index < -0.39 is 101 Å². The number of rotatable bonds is 14. The van der Waals surface area contributed by atoms with E-state index in [9.17, 15) is 47.4 Å². The predicted molar refractivity (Wildman–Crippen MR) is 225 cm³/mol. The second-order valence-electron chi connectivity index (χ2n) is 19.8. The Morgan fingerprint density at radius 2 is 1.63 bits per heavy atom. The van der Waals surface area contributed by atoms with Crippen LogP contribution in [0.5, 0.6) is 0 Å². The van der Waals surface area contributed by atoms with Gasteiger partial charge in [0.25, 0.3) is 0 Å². The van der Waals surface area contributed by atoms with Crippen LogP contribution >= 0.6 is 0 Å². The van der Waals surface area contributed by atoms with E-state index in [0.717, 1.165) is 27.6 Å². The zero-order valence-corrected chi connectivity index (χ0v) is 37.7. The number of amides is 2. The zero-order valence-electron chi connectivity index (χ0n) is 37.7. The van der Waals surface area contributed by atoms with Crippen molar-refractivity contribution in [3.8, 4) is 0 Å². The van der Waals surface area contributed by atoms with E-state index in [2.05, 4.69) is 10.3 Å². The topological polar surface area (TPSA) is 185 Å². The number of aromatic amines is 1. The Labute approximate surface area is 366 Å². The summed E-state index contributed by atoms with van der Waals surface area (Å²) in [6.45, 7) is 11.8. The molecule has 6 rings (SSSR count). The number of aromatic nitrogens is 1. The molecule has 0 saturated heterocycles. The maximum Gasteiger partial charge on any atom is 0.471 e. The molecule has 0 spiro atoms. The number of carbonyl (C=O) groups excluding carboxylic acids is 5. The number of carbonyl (C=O) groups is 5. The number of H-pyrrole nitrogens is 1. The number of hydrogen-bond donors (Lipinski definition) is 4. The van der Waals surface area contributed by atoms with E-state index in [1.54, 1.807) is 20.8 Å². The molecule has 0 unspecified atom stereocenters. The predicted octanol–water partition coefficient (Wildman–Crippen LogP) is 6.63. The molecule has 3 saturated carbocycles. The molecule has 10 atom stereocenters. The molecule has 4 N–H and O–H groups in total. The van der Waals surface area contributed by atoms with Crippen LogP contribution in [0, 0.1) is 28.6 Å². The first-order valence-electron chi connectivity index (χ1n) is 22.1. The average molecular weight is 888 g/mol. The number of allylic oxidation sites excluding steroid dienone is 1. The number of ether oxygens (including phenoxy) is 3. The van der Waals surface area contributed by atoms with Gasteiger partial charge >= 0.3 is 30.0 Å². The summed E-state index contributed by atoms with van der Waals surface area (Å²) in [7, 11) is 0. The summed E-state index contributed by atoms with van der Waals surface area (Å²) in [5.74, 6) is -6.26. The molecule has 3 fully saturated rings. The van der Waals surface area contributed by atoms with Crippen LogP contribution in [0.3, 0.4) is 0 Å². The second-order valence-corrected chi connectivity index (χ2v) is 19.8. The summed E-state index contributed by atoms with van der Waals surface area (Å²) in [5, 5.41) is 26.7. The van der Waals surface area contributed by atoms with E-state index >= 15 is 0 Å². The number of alkyl halides is 3. The third kappa shape index (κ3) is 9.96. The molecule has 1 aromatic carbocycles. The first-order chi connectivity index (χ1) is 29.3. The highest BCUT2D eigenvalue weighted by Crippen LogP contribution is 2.67. The second kappa shape index (κ2) is 17.9. The van der Waals surface area contributed by atoms with Gasteiger partial charge in [-0.1, -0.05) is 43.2 Å². The lowest BCUT2D eigenvalue weighted by Crippen LogP contribution is -2.64. The van der Waals surface area contributed by atoms with Crippen LogP contribution in [0.4, 0.5) is 13.2 Å². The Hall–Kier alpha value is -4.44. The lowest BCUT2D eigenvalue weighted by molar-refractivity contribution is -0.201. The fraction of sp³-hybridized carbons (Fsp3) is 0.681. The molecule has 0 bridgehead atoms. The van der Waals surface area contributed by atoms with Crippen LogP contribution in [0.15, 0.2) is 41.6 Å². The van der Waals surface area contributed by atoms with Gasteiger partial charge in [-0.25, -0.2) is 0 Å². The Kier molecular flexibility index (Phi) is 13.6. The number of nitrogens with one attached hydrogen (secondary N) is 2. The molecule has 4 aliphatic carbocycles. The standard InChI is InChI=1S/C47H64F3N3O10/c1-26(54)61-37-22-34-36(53(42(58)47(48,49)50)25-41(57)51-20-17-29-24-52-35-12-10-9-11-30(29)35)21-31-32-13-14-39(46(8,60)40(63-28(3)56)16-18-43(4,5)59)44(32,6)19-15-33(31)45(34,7)23-38(37)62-27(2)55/h9-12,24,33-34,36-40,52,59-60H,13-23,25H2,1-8H3,(H,51,57)/t33-,34-,36+,37+,38-,39-,40+,44-,45+,46+/m0/s1. The van der Waals surface area contributed by atoms with Gasteiger partial charge in [0.05, 0.1) is 5.60 Å². The molecule has 348 valence electrons. The Morgan fingerprint density at radius 1 is 0.968 bits per heavy atom. The summed E-state index contributed by atoms with van der Waals surface area (Å²) in [6, 6.07) is 6.40. The summed E-state index contributed by atoms with van der Waals surface area (Å²) in [6.07, 6.45) is -3.53.